The van der Waals surface area contributed by atoms with Crippen molar-refractivity contribution < 1.29 is 33.0 Å². The molecule has 0 aliphatic carbocycles. The van der Waals surface area contributed by atoms with Crippen molar-refractivity contribution in [3.05, 3.63) is 76.5 Å². The van der Waals surface area contributed by atoms with Gasteiger partial charge in [0.2, 0.25) is 5.54 Å². The highest BCUT2D eigenvalue weighted by molar-refractivity contribution is 6.10. The number of amides is 4. The minimum Gasteiger partial charge on any atom is -0.506 e. The van der Waals surface area contributed by atoms with Gasteiger partial charge in [-0.25, -0.2) is 18.6 Å². The zero-order valence-electron chi connectivity index (χ0n) is 22.9. The van der Waals surface area contributed by atoms with E-state index in [9.17, 15) is 23.9 Å². The Hall–Kier alpha value is -5.64. The second-order valence-electron chi connectivity index (χ2n) is 9.74. The van der Waals surface area contributed by atoms with Gasteiger partial charge in [-0.15, -0.1) is 0 Å². The summed E-state index contributed by atoms with van der Waals surface area (Å²) in [5.41, 5.74) is -1.32. The monoisotopic (exact) mass is 586 g/mol. The Balaban J connectivity index is 1.45. The number of hydrogen-bond acceptors (Lipinski definition) is 8. The first-order chi connectivity index (χ1) is 20.6. The molecule has 1 saturated heterocycles. The van der Waals surface area contributed by atoms with E-state index in [0.29, 0.717) is 11.3 Å². The molecule has 3 heterocycles. The van der Waals surface area contributed by atoms with E-state index in [0.717, 1.165) is 12.3 Å². The van der Waals surface area contributed by atoms with Crippen LogP contribution in [0.5, 0.6) is 11.5 Å². The molecule has 13 heteroatoms. The van der Waals surface area contributed by atoms with Crippen molar-refractivity contribution in [3.8, 4) is 34.6 Å². The van der Waals surface area contributed by atoms with E-state index >= 15 is 4.39 Å². The van der Waals surface area contributed by atoms with E-state index in [2.05, 4.69) is 32.5 Å². The minimum atomic E-state index is -1.90. The zero-order chi connectivity index (χ0) is 30.9. The fourth-order valence-corrected chi connectivity index (χ4v) is 4.88. The van der Waals surface area contributed by atoms with Gasteiger partial charge in [0, 0.05) is 37.1 Å². The van der Waals surface area contributed by atoms with E-state index in [1.807, 2.05) is 0 Å². The molecular formula is C30H24F2N6O5. The van der Waals surface area contributed by atoms with Crippen molar-refractivity contribution in [1.82, 2.24) is 20.5 Å². The van der Waals surface area contributed by atoms with Gasteiger partial charge in [0.15, 0.2) is 11.6 Å². The van der Waals surface area contributed by atoms with Gasteiger partial charge in [-0.3, -0.25) is 19.9 Å². The Bertz CT molecular complexity index is 1780. The predicted molar refractivity (Wildman–Crippen MR) is 151 cm³/mol. The highest BCUT2D eigenvalue weighted by Crippen LogP contribution is 2.33. The lowest BCUT2D eigenvalue weighted by atomic mass is 9.98. The Kier molecular flexibility index (Phi) is 7.60. The molecule has 0 spiro atoms. The Labute approximate surface area is 244 Å². The summed E-state index contributed by atoms with van der Waals surface area (Å²) >= 11 is 0. The number of hydrogen-bond donors (Lipinski definition) is 4. The average Bonchev–Trinajstić information content (AvgIpc) is 3.45. The summed E-state index contributed by atoms with van der Waals surface area (Å²) in [6.07, 6.45) is 2.60. The fraction of sp³-hybridized carbons (Fsp3) is 0.200. The number of ether oxygens (including phenoxy) is 1. The molecule has 3 aromatic rings. The Morgan fingerprint density at radius 1 is 1.23 bits per heavy atom. The number of aromatic hydroxyl groups is 1. The van der Waals surface area contributed by atoms with Crippen molar-refractivity contribution >= 4 is 30.3 Å². The summed E-state index contributed by atoms with van der Waals surface area (Å²) < 4.78 is 35.1. The molecule has 2 unspecified atom stereocenters. The van der Waals surface area contributed by atoms with Gasteiger partial charge in [0.05, 0.1) is 30.8 Å². The van der Waals surface area contributed by atoms with Crippen LogP contribution in [-0.4, -0.2) is 71.5 Å². The largest absolute Gasteiger partial charge is 0.506 e. The molecule has 2 aliphatic rings. The van der Waals surface area contributed by atoms with Crippen LogP contribution >= 0.6 is 0 Å². The first-order valence-electron chi connectivity index (χ1n) is 12.8. The lowest BCUT2D eigenvalue weighted by molar-refractivity contribution is -0.122. The maximum absolute atomic E-state index is 15.3. The number of carbonyl (C=O) groups is 3. The summed E-state index contributed by atoms with van der Waals surface area (Å²) in [6.45, 7) is -0.448. The molecule has 2 aromatic carbocycles. The number of aromatic nitrogens is 1. The SMILES string of the molecule is CN=CC(C=N)c1ccc(O)c(-c2ccc(C#CC3(CN4Cc5ccc(OC)c(F)c5C4=O)NC(=O)NC3=O)cc2F)n1. The van der Waals surface area contributed by atoms with Crippen LogP contribution in [0.25, 0.3) is 11.3 Å². The lowest BCUT2D eigenvalue weighted by Gasteiger charge is -2.26. The maximum Gasteiger partial charge on any atom is 0.323 e. The summed E-state index contributed by atoms with van der Waals surface area (Å²) in [5, 5.41) is 22.5. The number of carbonyl (C=O) groups excluding carboxylic acids is 3. The number of aliphatic imine (C=N–C) groups is 1. The number of rotatable bonds is 7. The van der Waals surface area contributed by atoms with Crippen LogP contribution in [0.4, 0.5) is 13.6 Å². The minimum absolute atomic E-state index is 0.0382. The summed E-state index contributed by atoms with van der Waals surface area (Å²) in [5.74, 6) is 1.23. The molecule has 218 valence electrons. The zero-order valence-corrected chi connectivity index (χ0v) is 22.9. The molecule has 0 saturated carbocycles. The number of nitrogens with one attached hydrogen (secondary N) is 3. The molecular weight excluding hydrogens is 562 g/mol. The van der Waals surface area contributed by atoms with Gasteiger partial charge in [-0.05, 0) is 42.0 Å². The van der Waals surface area contributed by atoms with Crippen LogP contribution in [0.2, 0.25) is 0 Å². The first kappa shape index (κ1) is 28.9. The van der Waals surface area contributed by atoms with Crippen molar-refractivity contribution in [2.75, 3.05) is 20.7 Å². The quantitative estimate of drug-likeness (QED) is 0.190. The molecule has 0 bridgehead atoms. The van der Waals surface area contributed by atoms with Crippen LogP contribution in [0.15, 0.2) is 47.5 Å². The summed E-state index contributed by atoms with van der Waals surface area (Å²) in [6, 6.07) is 8.78. The van der Waals surface area contributed by atoms with Gasteiger partial charge < -0.3 is 25.5 Å². The number of halogens is 2. The normalized spacial score (nSPS) is 18.1. The topological polar surface area (TPSA) is 157 Å². The van der Waals surface area contributed by atoms with E-state index in [4.69, 9.17) is 10.1 Å². The molecule has 0 radical (unpaired) electrons. The number of urea groups is 1. The number of pyridine rings is 1. The van der Waals surface area contributed by atoms with Crippen molar-refractivity contribution in [2.24, 2.45) is 4.99 Å². The Morgan fingerprint density at radius 3 is 2.67 bits per heavy atom. The molecule has 4 N–H and O–H groups in total. The predicted octanol–water partition coefficient (Wildman–Crippen LogP) is 2.76. The second-order valence-corrected chi connectivity index (χ2v) is 9.74. The van der Waals surface area contributed by atoms with Gasteiger partial charge in [0.25, 0.3) is 11.8 Å². The number of fused-ring (bicyclic) bond motifs is 1. The van der Waals surface area contributed by atoms with Gasteiger partial charge >= 0.3 is 6.03 Å². The number of imide groups is 1. The van der Waals surface area contributed by atoms with E-state index in [-0.39, 0.29) is 40.4 Å². The average molecular weight is 587 g/mol. The number of methoxy groups -OCH3 is 1. The lowest BCUT2D eigenvalue weighted by Crippen LogP contribution is -2.54. The third kappa shape index (κ3) is 5.26. The highest BCUT2D eigenvalue weighted by Gasteiger charge is 2.48. The van der Waals surface area contributed by atoms with E-state index < -0.39 is 47.5 Å². The fourth-order valence-electron chi connectivity index (χ4n) is 4.88. The van der Waals surface area contributed by atoms with Gasteiger partial charge in [0.1, 0.15) is 17.3 Å². The molecule has 43 heavy (non-hydrogen) atoms. The molecule has 1 fully saturated rings. The van der Waals surface area contributed by atoms with Crippen molar-refractivity contribution in [3.63, 3.8) is 0 Å². The van der Waals surface area contributed by atoms with Crippen LogP contribution in [-0.2, 0) is 11.3 Å². The van der Waals surface area contributed by atoms with Crippen LogP contribution < -0.4 is 15.4 Å². The molecule has 4 amide bonds. The standard InChI is InChI=1S/C30H24F2N6O5/c1-34-13-18(12-33)21-6-7-22(39)26(35-21)19-5-3-16(11-20(19)31)9-10-30(28(41)36-29(42)37-30)15-38-14-17-4-8-23(43-2)25(32)24(17)27(38)40/h3-8,11-13,18,33,39H,14-15H2,1-2H3,(H2,36,37,41,42). The third-order valence-corrected chi connectivity index (χ3v) is 7.02. The highest BCUT2D eigenvalue weighted by atomic mass is 19.1. The summed E-state index contributed by atoms with van der Waals surface area (Å²) in [7, 11) is 2.81. The molecule has 5 rings (SSSR count). The van der Waals surface area contributed by atoms with Crippen LogP contribution in [0, 0.1) is 28.9 Å². The third-order valence-electron chi connectivity index (χ3n) is 7.02. The molecule has 2 atom stereocenters. The first-order valence-corrected chi connectivity index (χ1v) is 12.8. The van der Waals surface area contributed by atoms with Gasteiger partial charge in [-0.1, -0.05) is 17.9 Å². The molecule has 1 aromatic heterocycles. The number of benzene rings is 2. The van der Waals surface area contributed by atoms with E-state index in [1.54, 1.807) is 7.05 Å². The van der Waals surface area contributed by atoms with Crippen molar-refractivity contribution in [2.45, 2.75) is 18.0 Å². The van der Waals surface area contributed by atoms with Gasteiger partial charge in [-0.2, -0.15) is 0 Å². The Morgan fingerprint density at radius 2 is 2.02 bits per heavy atom. The molecule has 2 aliphatic heterocycles. The smallest absolute Gasteiger partial charge is 0.323 e. The maximum atomic E-state index is 15.3. The summed E-state index contributed by atoms with van der Waals surface area (Å²) in [4.78, 5) is 47.5. The molecule has 11 nitrogen and oxygen atoms in total. The second kappa shape index (κ2) is 11.3. The van der Waals surface area contributed by atoms with Crippen LogP contribution in [0.1, 0.15) is 33.1 Å². The van der Waals surface area contributed by atoms with E-state index in [1.165, 1.54) is 54.6 Å². The van der Waals surface area contributed by atoms with Crippen molar-refractivity contribution in [1.29, 1.82) is 5.41 Å². The van der Waals surface area contributed by atoms with Crippen LogP contribution in [0.3, 0.4) is 0 Å². The number of nitrogens with zero attached hydrogens (tertiary/aromatic N) is 3.